The fraction of sp³-hybridized carbons (Fsp3) is 0.667. The van der Waals surface area contributed by atoms with E-state index in [4.69, 9.17) is 5.11 Å². The number of hydrogen-bond acceptors (Lipinski definition) is 3. The van der Waals surface area contributed by atoms with E-state index in [1.54, 1.807) is 0 Å². The minimum atomic E-state index is 0.338. The first-order chi connectivity index (χ1) is 10.4. The molecule has 0 aliphatic carbocycles. The highest BCUT2D eigenvalue weighted by atomic mass is 16.2. The Kier molecular flexibility index (Phi) is 5.15. The fourth-order valence-electron chi connectivity index (χ4n) is 3.75. The highest BCUT2D eigenvalue weighted by molar-refractivity contribution is 5.57. The van der Waals surface area contributed by atoms with Gasteiger partial charge in [0.05, 0.1) is 0 Å². The van der Waals surface area contributed by atoms with Crippen LogP contribution in [0.4, 0.5) is 5.69 Å². The molecule has 0 spiro atoms. The summed E-state index contributed by atoms with van der Waals surface area (Å²) < 4.78 is 0. The Morgan fingerprint density at radius 1 is 1.05 bits per heavy atom. The van der Waals surface area contributed by atoms with Gasteiger partial charge in [0.2, 0.25) is 0 Å². The first-order valence-corrected chi connectivity index (χ1v) is 8.53. The van der Waals surface area contributed by atoms with E-state index in [2.05, 4.69) is 34.1 Å². The van der Waals surface area contributed by atoms with Gasteiger partial charge in [-0.05, 0) is 69.3 Å². The third-order valence-electron chi connectivity index (χ3n) is 5.05. The standard InChI is InChI=1S/C18H28N2O/c21-14-4-3-10-19-11-7-16(8-12-19)15-20-13-9-17-5-1-2-6-18(17)20/h1-2,5-6,16,21H,3-4,7-15H2. The summed E-state index contributed by atoms with van der Waals surface area (Å²) in [5.74, 6) is 0.852. The third kappa shape index (κ3) is 3.78. The maximum Gasteiger partial charge on any atom is 0.0431 e. The SMILES string of the molecule is OCCCCN1CCC(CN2CCc3ccccc32)CC1. The van der Waals surface area contributed by atoms with Crippen molar-refractivity contribution in [3.63, 3.8) is 0 Å². The summed E-state index contributed by atoms with van der Waals surface area (Å²) in [6.45, 7) is 6.43. The van der Waals surface area contributed by atoms with E-state index in [1.165, 1.54) is 63.2 Å². The topological polar surface area (TPSA) is 26.7 Å². The molecule has 2 aliphatic heterocycles. The Hall–Kier alpha value is -1.06. The number of aliphatic hydroxyl groups is 1. The van der Waals surface area contributed by atoms with E-state index < -0.39 is 0 Å². The van der Waals surface area contributed by atoms with Crippen LogP contribution in [0.3, 0.4) is 0 Å². The molecule has 1 aromatic rings. The molecule has 1 fully saturated rings. The number of aliphatic hydroxyl groups excluding tert-OH is 1. The van der Waals surface area contributed by atoms with E-state index in [-0.39, 0.29) is 0 Å². The van der Waals surface area contributed by atoms with Crippen LogP contribution >= 0.6 is 0 Å². The Labute approximate surface area is 128 Å². The van der Waals surface area contributed by atoms with Crippen LogP contribution in [0.25, 0.3) is 0 Å². The number of piperidine rings is 1. The van der Waals surface area contributed by atoms with E-state index in [0.717, 1.165) is 18.8 Å². The Bertz CT molecular complexity index is 441. The number of fused-ring (bicyclic) bond motifs is 1. The van der Waals surface area contributed by atoms with Crippen LogP contribution in [0.5, 0.6) is 0 Å². The van der Waals surface area contributed by atoms with E-state index in [9.17, 15) is 0 Å². The van der Waals surface area contributed by atoms with Crippen LogP contribution < -0.4 is 4.90 Å². The highest BCUT2D eigenvalue weighted by Gasteiger charge is 2.24. The predicted octanol–water partition coefficient (Wildman–Crippen LogP) is 2.53. The number of unbranched alkanes of at least 4 members (excludes halogenated alkanes) is 1. The lowest BCUT2D eigenvalue weighted by atomic mass is 9.96. The molecule has 116 valence electrons. The molecule has 0 aromatic heterocycles. The van der Waals surface area contributed by atoms with Gasteiger partial charge in [-0.25, -0.2) is 0 Å². The molecule has 3 rings (SSSR count). The maximum absolute atomic E-state index is 8.85. The minimum Gasteiger partial charge on any atom is -0.396 e. The number of hydrogen-bond donors (Lipinski definition) is 1. The summed E-state index contributed by atoms with van der Waals surface area (Å²) in [5.41, 5.74) is 3.00. The molecule has 2 heterocycles. The van der Waals surface area contributed by atoms with Gasteiger partial charge in [0.1, 0.15) is 0 Å². The lowest BCUT2D eigenvalue weighted by Gasteiger charge is -2.34. The molecule has 3 heteroatoms. The molecular weight excluding hydrogens is 260 g/mol. The van der Waals surface area contributed by atoms with Crippen LogP contribution in [-0.2, 0) is 6.42 Å². The normalized spacial score (nSPS) is 20.0. The quantitative estimate of drug-likeness (QED) is 0.815. The number of rotatable bonds is 6. The van der Waals surface area contributed by atoms with Crippen molar-refractivity contribution in [3.05, 3.63) is 29.8 Å². The molecule has 0 bridgehead atoms. The Morgan fingerprint density at radius 2 is 1.86 bits per heavy atom. The zero-order valence-corrected chi connectivity index (χ0v) is 13.0. The second-order valence-corrected chi connectivity index (χ2v) is 6.54. The van der Waals surface area contributed by atoms with Gasteiger partial charge in [-0.1, -0.05) is 18.2 Å². The van der Waals surface area contributed by atoms with Gasteiger partial charge in [-0.2, -0.15) is 0 Å². The van der Waals surface area contributed by atoms with Crippen LogP contribution in [0.15, 0.2) is 24.3 Å². The summed E-state index contributed by atoms with van der Waals surface area (Å²) in [4.78, 5) is 5.17. The fourth-order valence-corrected chi connectivity index (χ4v) is 3.75. The van der Waals surface area contributed by atoms with Crippen molar-refractivity contribution < 1.29 is 5.11 Å². The van der Waals surface area contributed by atoms with Crippen molar-refractivity contribution in [2.24, 2.45) is 5.92 Å². The smallest absolute Gasteiger partial charge is 0.0431 e. The minimum absolute atomic E-state index is 0.338. The molecule has 0 unspecified atom stereocenters. The zero-order valence-electron chi connectivity index (χ0n) is 13.0. The number of nitrogens with zero attached hydrogens (tertiary/aromatic N) is 2. The van der Waals surface area contributed by atoms with Crippen molar-refractivity contribution in [1.29, 1.82) is 0 Å². The van der Waals surface area contributed by atoms with E-state index in [0.29, 0.717) is 6.61 Å². The predicted molar refractivity (Wildman–Crippen MR) is 87.8 cm³/mol. The molecule has 0 radical (unpaired) electrons. The van der Waals surface area contributed by atoms with Gasteiger partial charge in [0.15, 0.2) is 0 Å². The second-order valence-electron chi connectivity index (χ2n) is 6.54. The molecule has 0 saturated carbocycles. The molecular formula is C18H28N2O. The summed E-state index contributed by atoms with van der Waals surface area (Å²) in [6, 6.07) is 8.89. The summed E-state index contributed by atoms with van der Waals surface area (Å²) in [6.07, 6.45) is 5.97. The van der Waals surface area contributed by atoms with Gasteiger partial charge in [-0.3, -0.25) is 0 Å². The highest BCUT2D eigenvalue weighted by Crippen LogP contribution is 2.30. The van der Waals surface area contributed by atoms with E-state index in [1.807, 2.05) is 0 Å². The third-order valence-corrected chi connectivity index (χ3v) is 5.05. The zero-order chi connectivity index (χ0) is 14.5. The van der Waals surface area contributed by atoms with Gasteiger partial charge < -0.3 is 14.9 Å². The van der Waals surface area contributed by atoms with E-state index >= 15 is 0 Å². The molecule has 21 heavy (non-hydrogen) atoms. The van der Waals surface area contributed by atoms with Crippen LogP contribution in [0, 0.1) is 5.92 Å². The molecule has 0 amide bonds. The molecule has 1 N–H and O–H groups in total. The largest absolute Gasteiger partial charge is 0.396 e. The van der Waals surface area contributed by atoms with Gasteiger partial charge in [0.25, 0.3) is 0 Å². The van der Waals surface area contributed by atoms with Gasteiger partial charge in [-0.15, -0.1) is 0 Å². The van der Waals surface area contributed by atoms with Crippen molar-refractivity contribution in [1.82, 2.24) is 4.90 Å². The van der Waals surface area contributed by atoms with Crippen LogP contribution in [0.2, 0.25) is 0 Å². The lowest BCUT2D eigenvalue weighted by molar-refractivity contribution is 0.178. The van der Waals surface area contributed by atoms with Crippen molar-refractivity contribution in [3.8, 4) is 0 Å². The van der Waals surface area contributed by atoms with Crippen molar-refractivity contribution >= 4 is 5.69 Å². The molecule has 0 atom stereocenters. The summed E-state index contributed by atoms with van der Waals surface area (Å²) >= 11 is 0. The molecule has 2 aliphatic rings. The average Bonchev–Trinajstić information content (AvgIpc) is 2.93. The summed E-state index contributed by atoms with van der Waals surface area (Å²) in [7, 11) is 0. The number of likely N-dealkylation sites (tertiary alicyclic amines) is 1. The summed E-state index contributed by atoms with van der Waals surface area (Å²) in [5, 5.41) is 8.85. The Balaban J connectivity index is 1.44. The first-order valence-electron chi connectivity index (χ1n) is 8.53. The second kappa shape index (κ2) is 7.28. The molecule has 3 nitrogen and oxygen atoms in total. The number of anilines is 1. The first kappa shape index (κ1) is 14.9. The number of para-hydroxylation sites is 1. The maximum atomic E-state index is 8.85. The van der Waals surface area contributed by atoms with Gasteiger partial charge >= 0.3 is 0 Å². The number of benzene rings is 1. The van der Waals surface area contributed by atoms with Crippen LogP contribution in [-0.4, -0.2) is 49.3 Å². The molecule has 1 aromatic carbocycles. The lowest BCUT2D eigenvalue weighted by Crippen LogP contribution is -2.38. The van der Waals surface area contributed by atoms with Crippen molar-refractivity contribution in [2.45, 2.75) is 32.1 Å². The average molecular weight is 288 g/mol. The Morgan fingerprint density at radius 3 is 2.67 bits per heavy atom. The van der Waals surface area contributed by atoms with Crippen molar-refractivity contribution in [2.75, 3.05) is 44.2 Å². The van der Waals surface area contributed by atoms with Gasteiger partial charge in [0, 0.05) is 25.4 Å². The van der Waals surface area contributed by atoms with Crippen LogP contribution in [0.1, 0.15) is 31.2 Å². The monoisotopic (exact) mass is 288 g/mol. The molecule has 1 saturated heterocycles.